The van der Waals surface area contributed by atoms with E-state index in [4.69, 9.17) is 0 Å². The molecule has 0 saturated heterocycles. The highest BCUT2D eigenvalue weighted by atomic mass is 16.1. The van der Waals surface area contributed by atoms with Gasteiger partial charge >= 0.3 is 0 Å². The lowest BCUT2D eigenvalue weighted by atomic mass is 10.00. The summed E-state index contributed by atoms with van der Waals surface area (Å²) in [5.41, 5.74) is 3.19. The van der Waals surface area contributed by atoms with Gasteiger partial charge in [0.15, 0.2) is 0 Å². The van der Waals surface area contributed by atoms with Crippen LogP contribution >= 0.6 is 0 Å². The van der Waals surface area contributed by atoms with E-state index in [1.165, 1.54) is 0 Å². The van der Waals surface area contributed by atoms with Crippen LogP contribution in [0.25, 0.3) is 11.1 Å². The second-order valence-electron chi connectivity index (χ2n) is 5.11. The molecule has 108 valence electrons. The molecule has 2 heterocycles. The van der Waals surface area contributed by atoms with Crippen molar-refractivity contribution in [3.8, 4) is 17.2 Å². The molecule has 0 aliphatic carbocycles. The van der Waals surface area contributed by atoms with Crippen LogP contribution in [0.3, 0.4) is 0 Å². The highest BCUT2D eigenvalue weighted by Crippen LogP contribution is 2.22. The van der Waals surface area contributed by atoms with Gasteiger partial charge in [-0.1, -0.05) is 24.3 Å². The first-order valence-corrected chi connectivity index (χ1v) is 6.86. The molecule has 0 spiro atoms. The van der Waals surface area contributed by atoms with Crippen molar-refractivity contribution in [1.29, 1.82) is 5.26 Å². The zero-order valence-electron chi connectivity index (χ0n) is 12.1. The second-order valence-corrected chi connectivity index (χ2v) is 5.11. The highest BCUT2D eigenvalue weighted by Gasteiger charge is 2.10. The molecular formula is C17H14N4O. The van der Waals surface area contributed by atoms with Crippen LogP contribution < -0.4 is 5.56 Å². The van der Waals surface area contributed by atoms with Crippen molar-refractivity contribution in [1.82, 2.24) is 14.5 Å². The summed E-state index contributed by atoms with van der Waals surface area (Å²) in [6.45, 7) is 2.54. The number of aromatic nitrogens is 3. The fourth-order valence-electron chi connectivity index (χ4n) is 2.41. The minimum Gasteiger partial charge on any atom is -0.333 e. The monoisotopic (exact) mass is 290 g/mol. The van der Waals surface area contributed by atoms with Crippen LogP contribution in [0.15, 0.2) is 53.8 Å². The van der Waals surface area contributed by atoms with Gasteiger partial charge in [0.05, 0.1) is 6.33 Å². The van der Waals surface area contributed by atoms with E-state index < -0.39 is 0 Å². The Labute approximate surface area is 127 Å². The molecule has 0 fully saturated rings. The van der Waals surface area contributed by atoms with Gasteiger partial charge in [-0.3, -0.25) is 4.79 Å². The molecule has 1 N–H and O–H groups in total. The van der Waals surface area contributed by atoms with Gasteiger partial charge < -0.3 is 9.55 Å². The van der Waals surface area contributed by atoms with Crippen LogP contribution in [0.2, 0.25) is 0 Å². The van der Waals surface area contributed by atoms with Crippen molar-refractivity contribution in [2.75, 3.05) is 0 Å². The van der Waals surface area contributed by atoms with Crippen LogP contribution in [0.4, 0.5) is 0 Å². The van der Waals surface area contributed by atoms with Gasteiger partial charge in [-0.25, -0.2) is 4.98 Å². The molecule has 0 aliphatic heterocycles. The van der Waals surface area contributed by atoms with Crippen molar-refractivity contribution in [3.05, 3.63) is 76.2 Å². The fourth-order valence-corrected chi connectivity index (χ4v) is 2.41. The normalized spacial score (nSPS) is 10.4. The third kappa shape index (κ3) is 2.67. The Hall–Kier alpha value is -3.13. The van der Waals surface area contributed by atoms with Crippen molar-refractivity contribution in [3.63, 3.8) is 0 Å². The summed E-state index contributed by atoms with van der Waals surface area (Å²) >= 11 is 0. The average molecular weight is 290 g/mol. The van der Waals surface area contributed by atoms with Crippen molar-refractivity contribution < 1.29 is 0 Å². The Balaban J connectivity index is 1.97. The SMILES string of the molecule is Cc1cc(-c2ccc(Cn3ccnc3)cc2)c(C#N)c(=O)[nH]1. The summed E-state index contributed by atoms with van der Waals surface area (Å²) in [4.78, 5) is 18.5. The first-order valence-electron chi connectivity index (χ1n) is 6.86. The Kier molecular flexibility index (Phi) is 3.58. The predicted octanol–water partition coefficient (Wildman–Crippen LogP) is 2.47. The van der Waals surface area contributed by atoms with Crippen LogP contribution in [-0.4, -0.2) is 14.5 Å². The van der Waals surface area contributed by atoms with E-state index >= 15 is 0 Å². The molecule has 0 amide bonds. The van der Waals surface area contributed by atoms with Crippen molar-refractivity contribution >= 4 is 0 Å². The topological polar surface area (TPSA) is 74.5 Å². The lowest BCUT2D eigenvalue weighted by molar-refractivity contribution is 0.797. The number of nitrogens with zero attached hydrogens (tertiary/aromatic N) is 3. The smallest absolute Gasteiger partial charge is 0.266 e. The van der Waals surface area contributed by atoms with Gasteiger partial charge in [0.1, 0.15) is 11.6 Å². The van der Waals surface area contributed by atoms with E-state index in [1.54, 1.807) is 19.4 Å². The molecule has 0 bridgehead atoms. The van der Waals surface area contributed by atoms with Gasteiger partial charge in [0.2, 0.25) is 0 Å². The second kappa shape index (κ2) is 5.70. The summed E-state index contributed by atoms with van der Waals surface area (Å²) in [7, 11) is 0. The number of imidazole rings is 1. The maximum absolute atomic E-state index is 11.9. The number of pyridine rings is 1. The Morgan fingerprint density at radius 2 is 2.09 bits per heavy atom. The number of hydrogen-bond donors (Lipinski definition) is 1. The number of H-pyrrole nitrogens is 1. The van der Waals surface area contributed by atoms with E-state index in [9.17, 15) is 10.1 Å². The van der Waals surface area contributed by atoms with E-state index in [0.717, 1.165) is 23.4 Å². The zero-order valence-corrected chi connectivity index (χ0v) is 12.1. The van der Waals surface area contributed by atoms with Gasteiger partial charge in [-0.15, -0.1) is 0 Å². The highest BCUT2D eigenvalue weighted by molar-refractivity contribution is 5.70. The molecule has 3 aromatic rings. The minimum absolute atomic E-state index is 0.146. The first kappa shape index (κ1) is 13.8. The van der Waals surface area contributed by atoms with Gasteiger partial charge in [0.25, 0.3) is 5.56 Å². The Morgan fingerprint density at radius 3 is 2.73 bits per heavy atom. The lowest BCUT2D eigenvalue weighted by Crippen LogP contribution is -2.12. The molecular weight excluding hydrogens is 276 g/mol. The van der Waals surface area contributed by atoms with Gasteiger partial charge in [0, 0.05) is 30.2 Å². The molecule has 3 rings (SSSR count). The molecule has 0 atom stereocenters. The minimum atomic E-state index is -0.347. The molecule has 0 aliphatic rings. The molecule has 1 aromatic carbocycles. The molecule has 5 heteroatoms. The maximum Gasteiger partial charge on any atom is 0.266 e. The molecule has 5 nitrogen and oxygen atoms in total. The summed E-state index contributed by atoms with van der Waals surface area (Å²) in [6, 6.07) is 11.7. The Bertz CT molecular complexity index is 884. The largest absolute Gasteiger partial charge is 0.333 e. The number of nitrogens with one attached hydrogen (secondary N) is 1. The fraction of sp³-hybridized carbons (Fsp3) is 0.118. The number of rotatable bonds is 3. The quantitative estimate of drug-likeness (QED) is 0.805. The van der Waals surface area contributed by atoms with Gasteiger partial charge in [-0.2, -0.15) is 5.26 Å². The average Bonchev–Trinajstić information content (AvgIpc) is 3.00. The third-order valence-electron chi connectivity index (χ3n) is 3.47. The van der Waals surface area contributed by atoms with Crippen molar-refractivity contribution in [2.45, 2.75) is 13.5 Å². The van der Waals surface area contributed by atoms with E-state index in [2.05, 4.69) is 9.97 Å². The molecule has 0 radical (unpaired) electrons. The number of nitriles is 1. The number of aromatic amines is 1. The summed E-state index contributed by atoms with van der Waals surface area (Å²) in [5, 5.41) is 9.20. The summed E-state index contributed by atoms with van der Waals surface area (Å²) in [5.74, 6) is 0. The maximum atomic E-state index is 11.9. The van der Waals surface area contributed by atoms with E-state index in [1.807, 2.05) is 47.2 Å². The molecule has 0 saturated carbocycles. The van der Waals surface area contributed by atoms with Crippen molar-refractivity contribution in [2.24, 2.45) is 0 Å². The Morgan fingerprint density at radius 1 is 1.32 bits per heavy atom. The third-order valence-corrected chi connectivity index (χ3v) is 3.47. The van der Waals surface area contributed by atoms with E-state index in [0.29, 0.717) is 5.56 Å². The summed E-state index contributed by atoms with van der Waals surface area (Å²) < 4.78 is 1.98. The first-order chi connectivity index (χ1) is 10.7. The van der Waals surface area contributed by atoms with E-state index in [-0.39, 0.29) is 11.1 Å². The van der Waals surface area contributed by atoms with Crippen LogP contribution in [0, 0.1) is 18.3 Å². The van der Waals surface area contributed by atoms with Gasteiger partial charge in [-0.05, 0) is 24.1 Å². The number of benzene rings is 1. The molecule has 0 unspecified atom stereocenters. The zero-order chi connectivity index (χ0) is 15.5. The van der Waals surface area contributed by atoms with Crippen LogP contribution in [-0.2, 0) is 6.54 Å². The summed E-state index contributed by atoms with van der Waals surface area (Å²) in [6.07, 6.45) is 5.41. The molecule has 22 heavy (non-hydrogen) atoms. The standard InChI is InChI=1S/C17H14N4O/c1-12-8-15(16(9-18)17(22)20-12)14-4-2-13(3-5-14)10-21-7-6-19-11-21/h2-8,11H,10H2,1H3,(H,20,22). The lowest BCUT2D eigenvalue weighted by Gasteiger charge is -2.07. The number of aryl methyl sites for hydroxylation is 1. The predicted molar refractivity (Wildman–Crippen MR) is 83.3 cm³/mol. The van der Waals surface area contributed by atoms with Crippen LogP contribution in [0.1, 0.15) is 16.8 Å². The molecule has 2 aromatic heterocycles. The number of hydrogen-bond acceptors (Lipinski definition) is 3. The van der Waals surface area contributed by atoms with Crippen LogP contribution in [0.5, 0.6) is 0 Å².